The average molecular weight is 396 g/mol. The SMILES string of the molecule is CC(=O)n1c(O)c(C=c2ccc(=CC3=c4ccccc4=NC3=O)o2)c2ccccc21. The van der Waals surface area contributed by atoms with E-state index in [1.807, 2.05) is 36.4 Å². The van der Waals surface area contributed by atoms with Gasteiger partial charge in [0.15, 0.2) is 0 Å². The zero-order chi connectivity index (χ0) is 20.8. The maximum Gasteiger partial charge on any atom is 0.278 e. The Balaban J connectivity index is 1.67. The Morgan fingerprint density at radius 2 is 1.70 bits per heavy atom. The molecule has 1 aliphatic heterocycles. The molecule has 0 radical (unpaired) electrons. The smallest absolute Gasteiger partial charge is 0.278 e. The molecule has 1 amide bonds. The number of fused-ring (bicyclic) bond motifs is 2. The lowest BCUT2D eigenvalue weighted by Gasteiger charge is -2.00. The van der Waals surface area contributed by atoms with E-state index in [9.17, 15) is 14.7 Å². The highest BCUT2D eigenvalue weighted by Gasteiger charge is 2.17. The molecule has 0 fully saturated rings. The molecule has 6 nitrogen and oxygen atoms in total. The van der Waals surface area contributed by atoms with E-state index in [0.717, 1.165) is 10.6 Å². The monoisotopic (exact) mass is 396 g/mol. The molecule has 2 aromatic carbocycles. The number of carbonyl (C=O) groups is 2. The van der Waals surface area contributed by atoms with Crippen LogP contribution in [0.2, 0.25) is 0 Å². The van der Waals surface area contributed by atoms with Gasteiger partial charge in [-0.3, -0.25) is 14.2 Å². The summed E-state index contributed by atoms with van der Waals surface area (Å²) in [5.74, 6) is -0.727. The van der Waals surface area contributed by atoms with Gasteiger partial charge in [0.2, 0.25) is 11.8 Å². The Kier molecular flexibility index (Phi) is 3.99. The molecule has 1 N–H and O–H groups in total. The summed E-state index contributed by atoms with van der Waals surface area (Å²) in [6.45, 7) is 1.40. The minimum atomic E-state index is -0.305. The minimum absolute atomic E-state index is 0.140. The number of para-hydroxylation sites is 2. The molecule has 1 aliphatic rings. The van der Waals surface area contributed by atoms with E-state index in [2.05, 4.69) is 4.99 Å². The Hall–Kier alpha value is -4.19. The summed E-state index contributed by atoms with van der Waals surface area (Å²) in [5.41, 5.74) is 2.57. The number of hydrogen-bond donors (Lipinski definition) is 1. The third kappa shape index (κ3) is 2.78. The lowest BCUT2D eigenvalue weighted by atomic mass is 10.1. The highest BCUT2D eigenvalue weighted by molar-refractivity contribution is 6.24. The van der Waals surface area contributed by atoms with Crippen LogP contribution in [0.15, 0.2) is 70.1 Å². The number of carbonyl (C=O) groups excluding carboxylic acids is 2. The molecule has 0 unspecified atom stereocenters. The van der Waals surface area contributed by atoms with Crippen molar-refractivity contribution >= 4 is 40.4 Å². The van der Waals surface area contributed by atoms with Crippen molar-refractivity contribution in [2.24, 2.45) is 4.99 Å². The number of rotatable bonds is 2. The van der Waals surface area contributed by atoms with E-state index in [0.29, 0.717) is 32.8 Å². The van der Waals surface area contributed by atoms with E-state index in [1.165, 1.54) is 11.5 Å². The predicted molar refractivity (Wildman–Crippen MR) is 112 cm³/mol. The molecule has 4 aromatic rings. The number of furan rings is 1. The van der Waals surface area contributed by atoms with Crippen LogP contribution in [-0.2, 0) is 4.79 Å². The van der Waals surface area contributed by atoms with Crippen molar-refractivity contribution in [3.05, 3.63) is 87.6 Å². The van der Waals surface area contributed by atoms with Crippen LogP contribution in [0.25, 0.3) is 28.6 Å². The summed E-state index contributed by atoms with van der Waals surface area (Å²) in [6.07, 6.45) is 3.33. The summed E-state index contributed by atoms with van der Waals surface area (Å²) < 4.78 is 7.12. The molecule has 0 atom stereocenters. The van der Waals surface area contributed by atoms with E-state index in [4.69, 9.17) is 4.42 Å². The van der Waals surface area contributed by atoms with Crippen molar-refractivity contribution in [2.75, 3.05) is 0 Å². The fraction of sp³-hybridized carbons (Fsp3) is 0.0417. The Morgan fingerprint density at radius 1 is 1.00 bits per heavy atom. The van der Waals surface area contributed by atoms with Gasteiger partial charge in [0.1, 0.15) is 10.8 Å². The van der Waals surface area contributed by atoms with Gasteiger partial charge in [0, 0.05) is 23.1 Å². The van der Waals surface area contributed by atoms with Gasteiger partial charge in [-0.1, -0.05) is 36.4 Å². The fourth-order valence-electron chi connectivity index (χ4n) is 3.74. The number of aromatic hydroxyl groups is 1. The molecule has 6 heteroatoms. The first-order valence-electron chi connectivity index (χ1n) is 9.38. The summed E-state index contributed by atoms with van der Waals surface area (Å²) in [5, 5.41) is 12.8. The molecule has 0 aliphatic carbocycles. The molecule has 30 heavy (non-hydrogen) atoms. The van der Waals surface area contributed by atoms with Crippen molar-refractivity contribution in [3.63, 3.8) is 0 Å². The summed E-state index contributed by atoms with van der Waals surface area (Å²) in [7, 11) is 0. The average Bonchev–Trinajstić information content (AvgIpc) is 3.38. The van der Waals surface area contributed by atoms with Crippen LogP contribution in [0.3, 0.4) is 0 Å². The maximum atomic E-state index is 12.2. The van der Waals surface area contributed by atoms with E-state index < -0.39 is 0 Å². The second-order valence-electron chi connectivity index (χ2n) is 6.99. The number of aromatic nitrogens is 1. The predicted octanol–water partition coefficient (Wildman–Crippen LogP) is 1.22. The largest absolute Gasteiger partial charge is 0.494 e. The highest BCUT2D eigenvalue weighted by Crippen LogP contribution is 2.31. The van der Waals surface area contributed by atoms with Crippen LogP contribution in [0.5, 0.6) is 5.88 Å². The van der Waals surface area contributed by atoms with Gasteiger partial charge < -0.3 is 9.52 Å². The molecule has 146 valence electrons. The maximum absolute atomic E-state index is 12.2. The standard InChI is InChI=1S/C24H16N2O4/c1-14(27)26-22-9-5-3-7-18(22)20(24(26)29)13-16-11-10-15(30-16)12-19-17-6-2-4-8-21(17)25-23(19)28/h2-13,29H,1H3. The third-order valence-corrected chi connectivity index (χ3v) is 5.07. The van der Waals surface area contributed by atoms with Crippen molar-refractivity contribution in [3.8, 4) is 5.88 Å². The second kappa shape index (κ2) is 6.70. The molecule has 0 saturated heterocycles. The van der Waals surface area contributed by atoms with Crippen LogP contribution in [0, 0.1) is 0 Å². The number of amides is 1. The van der Waals surface area contributed by atoms with Gasteiger partial charge in [-0.05, 0) is 36.4 Å². The first-order chi connectivity index (χ1) is 14.5. The van der Waals surface area contributed by atoms with Crippen molar-refractivity contribution in [1.82, 2.24) is 4.57 Å². The van der Waals surface area contributed by atoms with Gasteiger partial charge in [-0.15, -0.1) is 0 Å². The molecule has 0 saturated carbocycles. The van der Waals surface area contributed by atoms with Crippen molar-refractivity contribution in [1.29, 1.82) is 0 Å². The van der Waals surface area contributed by atoms with Crippen LogP contribution in [-0.4, -0.2) is 21.5 Å². The van der Waals surface area contributed by atoms with Crippen LogP contribution >= 0.6 is 0 Å². The lowest BCUT2D eigenvalue weighted by Crippen LogP contribution is -2.22. The molecule has 5 rings (SSSR count). The fourth-order valence-corrected chi connectivity index (χ4v) is 3.74. The first kappa shape index (κ1) is 17.9. The number of hydrogen-bond acceptors (Lipinski definition) is 4. The lowest BCUT2D eigenvalue weighted by molar-refractivity contribution is -0.112. The first-order valence-corrected chi connectivity index (χ1v) is 9.38. The summed E-state index contributed by atoms with van der Waals surface area (Å²) in [4.78, 5) is 28.3. The zero-order valence-corrected chi connectivity index (χ0v) is 16.0. The highest BCUT2D eigenvalue weighted by atomic mass is 16.3. The molecular formula is C24H16N2O4. The van der Waals surface area contributed by atoms with Gasteiger partial charge in [0.05, 0.1) is 16.4 Å². The Labute approximate surface area is 170 Å². The Bertz CT molecular complexity index is 1600. The normalized spacial score (nSPS) is 14.4. The number of benzene rings is 2. The van der Waals surface area contributed by atoms with Crippen molar-refractivity contribution < 1.29 is 19.1 Å². The molecule has 0 spiro atoms. The van der Waals surface area contributed by atoms with E-state index >= 15 is 0 Å². The van der Waals surface area contributed by atoms with Gasteiger partial charge in [0.25, 0.3) is 5.91 Å². The second-order valence-corrected chi connectivity index (χ2v) is 6.99. The van der Waals surface area contributed by atoms with Crippen LogP contribution in [0.4, 0.5) is 0 Å². The summed E-state index contributed by atoms with van der Waals surface area (Å²) in [6, 6.07) is 18.1. The van der Waals surface area contributed by atoms with E-state index in [1.54, 1.807) is 36.4 Å². The van der Waals surface area contributed by atoms with E-state index in [-0.39, 0.29) is 17.7 Å². The molecule has 0 bridgehead atoms. The summed E-state index contributed by atoms with van der Waals surface area (Å²) >= 11 is 0. The quantitative estimate of drug-likeness (QED) is 0.552. The van der Waals surface area contributed by atoms with Gasteiger partial charge in [-0.2, -0.15) is 0 Å². The molecule has 3 heterocycles. The molecule has 2 aromatic heterocycles. The zero-order valence-electron chi connectivity index (χ0n) is 16.0. The topological polar surface area (TPSA) is 84.8 Å². The minimum Gasteiger partial charge on any atom is -0.494 e. The van der Waals surface area contributed by atoms with Gasteiger partial charge >= 0.3 is 0 Å². The van der Waals surface area contributed by atoms with Gasteiger partial charge in [-0.25, -0.2) is 4.99 Å². The van der Waals surface area contributed by atoms with Crippen LogP contribution < -0.4 is 21.4 Å². The van der Waals surface area contributed by atoms with Crippen LogP contribution in [0.1, 0.15) is 17.3 Å². The number of nitrogens with zero attached hydrogens (tertiary/aromatic N) is 2. The Morgan fingerprint density at radius 3 is 2.50 bits per heavy atom. The third-order valence-electron chi connectivity index (χ3n) is 5.07. The molecular weight excluding hydrogens is 380 g/mol. The van der Waals surface area contributed by atoms with Crippen molar-refractivity contribution in [2.45, 2.75) is 6.92 Å².